The SMILES string of the molecule is C/C=C(/C)C(=O)O[C@@H]1[C@H](OC(=O)/C(C)=C\C)[C@]2(CO)[C@H](O)C[C@@]3(C)C(=CC[C@@H]4[C@@]5(C)CC[C@H](O[C@H]6O[C@@H](C(=O)O)[C@H](O)[C@H](O[C@H]7O[C@@H](CO)[C@@H](O)[C@H]7O)[C@@H]6O[C@H]6O[C@@H](CO)[C@@H](O)[C@@H]6O)[C@@](C)(CO)[C@H]5CC[C@@]43C)[C@H]2CC1(C)C. The van der Waals surface area contributed by atoms with E-state index in [0.29, 0.717) is 43.3 Å². The lowest BCUT2D eigenvalue weighted by molar-refractivity contribution is -0.369. The molecule has 25 atom stereocenters. The van der Waals surface area contributed by atoms with E-state index in [1.54, 1.807) is 39.8 Å². The number of hydrogen-bond acceptors (Lipinski definition) is 21. The van der Waals surface area contributed by atoms with E-state index in [9.17, 15) is 70.6 Å². The van der Waals surface area contributed by atoms with Crippen LogP contribution < -0.4 is 0 Å². The van der Waals surface area contributed by atoms with Gasteiger partial charge in [-0.2, -0.15) is 0 Å². The topological polar surface area (TPSA) is 348 Å². The zero-order chi connectivity index (χ0) is 57.6. The van der Waals surface area contributed by atoms with Crippen LogP contribution >= 0.6 is 0 Å². The van der Waals surface area contributed by atoms with Crippen molar-refractivity contribution in [2.75, 3.05) is 26.4 Å². The number of aliphatic hydroxyl groups is 10. The van der Waals surface area contributed by atoms with Crippen LogP contribution in [0.25, 0.3) is 0 Å². The lowest BCUT2D eigenvalue weighted by Gasteiger charge is -2.72. The van der Waals surface area contributed by atoms with Gasteiger partial charge in [0, 0.05) is 22.0 Å². The summed E-state index contributed by atoms with van der Waals surface area (Å²) in [7, 11) is 0. The molecule has 78 heavy (non-hydrogen) atoms. The molecule has 0 aromatic carbocycles. The average molecular weight is 1110 g/mol. The maximum absolute atomic E-state index is 13.8. The third-order valence-electron chi connectivity index (χ3n) is 21.0. The number of ether oxygens (including phenoxy) is 8. The number of allylic oxidation sites excluding steroid dienone is 4. The summed E-state index contributed by atoms with van der Waals surface area (Å²) in [4.78, 5) is 40.2. The van der Waals surface area contributed by atoms with Crippen LogP contribution in [0, 0.1) is 50.2 Å². The van der Waals surface area contributed by atoms with E-state index < -0.39 is 187 Å². The average Bonchev–Trinajstić information content (AvgIpc) is 3.98. The molecule has 0 bridgehead atoms. The predicted molar refractivity (Wildman–Crippen MR) is 271 cm³/mol. The normalized spacial score (nSPS) is 49.2. The van der Waals surface area contributed by atoms with Crippen molar-refractivity contribution in [2.45, 2.75) is 219 Å². The number of fused-ring (bicyclic) bond motifs is 7. The minimum absolute atomic E-state index is 0.0626. The molecule has 22 nitrogen and oxygen atoms in total. The van der Waals surface area contributed by atoms with E-state index in [2.05, 4.69) is 26.8 Å². The van der Waals surface area contributed by atoms with Crippen LogP contribution in [-0.2, 0) is 52.3 Å². The first kappa shape index (κ1) is 61.1. The Balaban J connectivity index is 1.13. The number of carboxylic acids is 1. The Bertz CT molecular complexity index is 2320. The lowest BCUT2D eigenvalue weighted by atomic mass is 9.33. The van der Waals surface area contributed by atoms with Crippen LogP contribution in [0.3, 0.4) is 0 Å². The molecule has 0 aromatic rings. The highest BCUT2D eigenvalue weighted by molar-refractivity contribution is 5.89. The predicted octanol–water partition coefficient (Wildman–Crippen LogP) is 0.903. The number of rotatable bonds is 15. The number of hydrogen-bond donors (Lipinski definition) is 11. The third-order valence-corrected chi connectivity index (χ3v) is 21.0. The second kappa shape index (κ2) is 22.3. The van der Waals surface area contributed by atoms with Crippen molar-refractivity contribution >= 4 is 17.9 Å². The van der Waals surface area contributed by atoms with Gasteiger partial charge >= 0.3 is 17.9 Å². The lowest BCUT2D eigenvalue weighted by Crippen LogP contribution is -2.72. The smallest absolute Gasteiger partial charge is 0.335 e. The van der Waals surface area contributed by atoms with Crippen LogP contribution in [0.15, 0.2) is 34.9 Å². The molecule has 0 amide bonds. The fraction of sp³-hybridized carbons (Fsp3) is 0.839. The Kier molecular flexibility index (Phi) is 17.4. The van der Waals surface area contributed by atoms with Gasteiger partial charge in [0.1, 0.15) is 61.0 Å². The highest BCUT2D eigenvalue weighted by Crippen LogP contribution is 2.76. The van der Waals surface area contributed by atoms with Gasteiger partial charge in [-0.1, -0.05) is 65.3 Å². The van der Waals surface area contributed by atoms with Gasteiger partial charge in [-0.05, 0) is 107 Å². The summed E-state index contributed by atoms with van der Waals surface area (Å²) in [5.74, 6) is -3.75. The molecule has 5 aliphatic carbocycles. The number of aliphatic carboxylic acids is 1. The van der Waals surface area contributed by atoms with Crippen molar-refractivity contribution in [1.82, 2.24) is 0 Å². The molecule has 0 radical (unpaired) electrons. The zero-order valence-corrected chi connectivity index (χ0v) is 46.5. The van der Waals surface area contributed by atoms with Gasteiger partial charge in [-0.3, -0.25) is 0 Å². The van der Waals surface area contributed by atoms with Gasteiger partial charge in [0.15, 0.2) is 31.1 Å². The van der Waals surface area contributed by atoms with Crippen LogP contribution in [0.5, 0.6) is 0 Å². The first-order valence-electron chi connectivity index (χ1n) is 27.6. The number of carbonyl (C=O) groups is 3. The molecule has 3 aliphatic heterocycles. The minimum atomic E-state index is -2.10. The summed E-state index contributed by atoms with van der Waals surface area (Å²) >= 11 is 0. The summed E-state index contributed by atoms with van der Waals surface area (Å²) in [6, 6.07) is 0. The van der Waals surface area contributed by atoms with E-state index in [1.165, 1.54) is 0 Å². The number of esters is 2. The molecule has 7 fully saturated rings. The fourth-order valence-corrected chi connectivity index (χ4v) is 16.0. The minimum Gasteiger partial charge on any atom is -0.479 e. The highest BCUT2D eigenvalue weighted by Gasteiger charge is 2.74. The Morgan fingerprint density at radius 2 is 1.21 bits per heavy atom. The van der Waals surface area contributed by atoms with Gasteiger partial charge < -0.3 is 94.1 Å². The van der Waals surface area contributed by atoms with Crippen molar-refractivity contribution in [2.24, 2.45) is 50.2 Å². The first-order valence-corrected chi connectivity index (χ1v) is 27.6. The van der Waals surface area contributed by atoms with Crippen molar-refractivity contribution in [1.29, 1.82) is 0 Å². The quantitative estimate of drug-likeness (QED) is 0.0470. The molecule has 4 saturated carbocycles. The second-order valence-corrected chi connectivity index (χ2v) is 25.3. The zero-order valence-electron chi connectivity index (χ0n) is 46.5. The van der Waals surface area contributed by atoms with Gasteiger partial charge in [0.2, 0.25) is 0 Å². The molecule has 3 heterocycles. The summed E-state index contributed by atoms with van der Waals surface area (Å²) in [6.45, 7) is 16.7. The number of carbonyl (C=O) groups excluding carboxylic acids is 2. The summed E-state index contributed by atoms with van der Waals surface area (Å²) in [5, 5.41) is 121. The molecular weight excluding hydrogens is 1020 g/mol. The summed E-state index contributed by atoms with van der Waals surface area (Å²) in [5.41, 5.74) is -3.39. The molecule has 0 unspecified atom stereocenters. The molecular formula is C56H86O22. The van der Waals surface area contributed by atoms with E-state index in [4.69, 9.17) is 37.9 Å². The molecule has 11 N–H and O–H groups in total. The Labute approximate surface area is 455 Å². The van der Waals surface area contributed by atoms with Crippen molar-refractivity contribution in [3.63, 3.8) is 0 Å². The molecule has 442 valence electrons. The largest absolute Gasteiger partial charge is 0.479 e. The maximum atomic E-state index is 13.8. The summed E-state index contributed by atoms with van der Waals surface area (Å²) < 4.78 is 48.9. The van der Waals surface area contributed by atoms with Crippen LogP contribution in [0.2, 0.25) is 0 Å². The van der Waals surface area contributed by atoms with Gasteiger partial charge in [0.05, 0.1) is 44.1 Å². The Morgan fingerprint density at radius 3 is 1.71 bits per heavy atom. The van der Waals surface area contributed by atoms with E-state index in [1.807, 2.05) is 20.8 Å². The van der Waals surface area contributed by atoms with Crippen molar-refractivity contribution < 1.29 is 108 Å². The number of aliphatic hydroxyl groups excluding tert-OH is 10. The summed E-state index contributed by atoms with van der Waals surface area (Å²) in [6.07, 6.45) is -18.5. The van der Waals surface area contributed by atoms with E-state index in [-0.39, 0.29) is 24.7 Å². The molecule has 0 spiro atoms. The van der Waals surface area contributed by atoms with Gasteiger partial charge in [-0.15, -0.1) is 0 Å². The van der Waals surface area contributed by atoms with Crippen LogP contribution in [0.4, 0.5) is 0 Å². The second-order valence-electron chi connectivity index (χ2n) is 25.3. The van der Waals surface area contributed by atoms with E-state index in [0.717, 1.165) is 5.57 Å². The van der Waals surface area contributed by atoms with Gasteiger partial charge in [0.25, 0.3) is 0 Å². The first-order chi connectivity index (χ1) is 36.5. The van der Waals surface area contributed by atoms with Crippen molar-refractivity contribution in [3.8, 4) is 0 Å². The van der Waals surface area contributed by atoms with Gasteiger partial charge in [-0.25, -0.2) is 14.4 Å². The molecule has 0 aromatic heterocycles. The standard InChI is InChI=1S/C56H86O22/c1-11-25(3)46(69)77-43-44(78-47(70)26(4)12-2)56(24-60)28(19-51(43,5)6)27-13-14-32-52(7)17-16-34(53(8,23-59)31(52)15-18-54(32,9)55(27,10)20-33(56)61)73-50-42(76-49-38(65)36(63)30(22-58)72-49)40(39(66)41(75-50)45(67)68)74-48-37(64)35(62)29(21-57)71-48/h11-13,28-44,48-50,57-66H,14-24H2,1-10H3,(H,67,68)/b25-11-,26-12-/t28-,29+,30+,31+,32-,33-,34+,35-,36-,37-,38+,39-,40+,41-,42+,43-,44+,48-,49-,50+,52+,53+,54+,55+,56+/m1/s1. The number of carboxylic acid groups (broad SMARTS) is 1. The molecule has 8 rings (SSSR count). The van der Waals surface area contributed by atoms with Crippen LogP contribution in [0.1, 0.15) is 114 Å². The van der Waals surface area contributed by atoms with Crippen molar-refractivity contribution in [3.05, 3.63) is 34.9 Å². The third kappa shape index (κ3) is 9.55. The van der Waals surface area contributed by atoms with E-state index >= 15 is 0 Å². The molecule has 8 aliphatic rings. The molecule has 3 saturated heterocycles. The Hall–Kier alpha value is -3.01. The van der Waals surface area contributed by atoms with Crippen LogP contribution in [-0.4, -0.2) is 205 Å². The monoisotopic (exact) mass is 1110 g/mol. The highest BCUT2D eigenvalue weighted by atomic mass is 16.8. The Morgan fingerprint density at radius 1 is 0.654 bits per heavy atom. The maximum Gasteiger partial charge on any atom is 0.335 e. The molecule has 22 heteroatoms. The fourth-order valence-electron chi connectivity index (χ4n) is 16.0.